The molecule has 0 bridgehead atoms. The summed E-state index contributed by atoms with van der Waals surface area (Å²) in [7, 11) is 0. The number of hydrogen-bond donors (Lipinski definition) is 2. The highest BCUT2D eigenvalue weighted by Crippen LogP contribution is 2.50. The Bertz CT molecular complexity index is 559. The fourth-order valence-corrected chi connectivity index (χ4v) is 5.91. The highest BCUT2D eigenvalue weighted by Gasteiger charge is 2.37. The largest absolute Gasteiger partial charge is 0.495 e. The van der Waals surface area contributed by atoms with Gasteiger partial charge in [0.15, 0.2) is 12.2 Å². The lowest BCUT2D eigenvalue weighted by Crippen LogP contribution is -2.30. The number of allylic oxidation sites excluding steroid dienone is 1. The van der Waals surface area contributed by atoms with Crippen LogP contribution in [0, 0.1) is 0 Å². The minimum Gasteiger partial charge on any atom is -0.495 e. The molecule has 1 heterocycles. The van der Waals surface area contributed by atoms with Crippen molar-refractivity contribution in [2.45, 2.75) is 55.8 Å². The molecule has 1 fully saturated rings. The van der Waals surface area contributed by atoms with Crippen molar-refractivity contribution in [2.24, 2.45) is 0 Å². The quantitative estimate of drug-likeness (QED) is 0.202. The Labute approximate surface area is 191 Å². The lowest BCUT2D eigenvalue weighted by Gasteiger charge is -2.27. The molecule has 0 aromatic heterocycles. The van der Waals surface area contributed by atoms with Crippen LogP contribution in [0.1, 0.15) is 39.5 Å². The third-order valence-electron chi connectivity index (χ3n) is 4.23. The van der Waals surface area contributed by atoms with Gasteiger partial charge in [-0.2, -0.15) is 0 Å². The molecule has 2 atom stereocenters. The van der Waals surface area contributed by atoms with E-state index in [0.717, 1.165) is 11.5 Å². The van der Waals surface area contributed by atoms with Crippen LogP contribution < -0.4 is 0 Å². The molecule has 0 radical (unpaired) electrons. The van der Waals surface area contributed by atoms with Crippen LogP contribution in [0.4, 0.5) is 0 Å². The van der Waals surface area contributed by atoms with E-state index in [2.05, 4.69) is 6.58 Å². The summed E-state index contributed by atoms with van der Waals surface area (Å²) in [5, 5.41) is 18.6. The topological polar surface area (TPSA) is 129 Å². The van der Waals surface area contributed by atoms with E-state index in [1.807, 2.05) is 0 Å². The van der Waals surface area contributed by atoms with E-state index in [9.17, 15) is 24.6 Å². The highest BCUT2D eigenvalue weighted by molar-refractivity contribution is 8.21. The Hall–Kier alpha value is -1.43. The van der Waals surface area contributed by atoms with Crippen LogP contribution in [-0.4, -0.2) is 82.3 Å². The van der Waals surface area contributed by atoms with Crippen LogP contribution in [0.2, 0.25) is 0 Å². The second kappa shape index (κ2) is 14.6. The molecule has 0 aliphatic carbocycles. The summed E-state index contributed by atoms with van der Waals surface area (Å²) in [6.45, 7) is 5.54. The van der Waals surface area contributed by atoms with E-state index in [1.54, 1.807) is 30.4 Å². The zero-order chi connectivity index (χ0) is 23.3. The summed E-state index contributed by atoms with van der Waals surface area (Å²) in [6.07, 6.45) is -0.413. The zero-order valence-corrected chi connectivity index (χ0v) is 19.6. The lowest BCUT2D eigenvalue weighted by atomic mass is 10.1. The summed E-state index contributed by atoms with van der Waals surface area (Å²) < 4.78 is 20.1. The van der Waals surface area contributed by atoms with Gasteiger partial charge < -0.3 is 29.2 Å². The summed E-state index contributed by atoms with van der Waals surface area (Å²) in [5.74, 6) is 0.821. The first-order valence-electron chi connectivity index (χ1n) is 10.00. The van der Waals surface area contributed by atoms with Crippen LogP contribution in [0.15, 0.2) is 12.3 Å². The molecule has 1 rings (SSSR count). The summed E-state index contributed by atoms with van der Waals surface area (Å²) >= 11 is 3.39. The maximum atomic E-state index is 12.2. The van der Waals surface area contributed by atoms with Gasteiger partial charge in [0.25, 0.3) is 0 Å². The smallest absolute Gasteiger partial charge is 0.306 e. The van der Waals surface area contributed by atoms with E-state index in [4.69, 9.17) is 18.9 Å². The number of esters is 3. The number of carbonyl (C=O) groups excluding carboxylic acids is 3. The van der Waals surface area contributed by atoms with Gasteiger partial charge in [0.2, 0.25) is 0 Å². The van der Waals surface area contributed by atoms with Crippen LogP contribution in [0.3, 0.4) is 0 Å². The molecule has 2 unspecified atom stereocenters. The number of hydrogen-bond acceptors (Lipinski definition) is 11. The average molecular weight is 481 g/mol. The molecule has 31 heavy (non-hydrogen) atoms. The van der Waals surface area contributed by atoms with Gasteiger partial charge in [0.1, 0.15) is 13.2 Å². The molecule has 178 valence electrons. The molecular formula is C20H32O9S2. The molecule has 0 aromatic carbocycles. The summed E-state index contributed by atoms with van der Waals surface area (Å²) in [4.78, 5) is 35.2. The van der Waals surface area contributed by atoms with Crippen LogP contribution >= 0.6 is 23.5 Å². The van der Waals surface area contributed by atoms with Gasteiger partial charge >= 0.3 is 17.9 Å². The van der Waals surface area contributed by atoms with Crippen molar-refractivity contribution in [3.05, 3.63) is 12.3 Å². The van der Waals surface area contributed by atoms with Gasteiger partial charge in [-0.3, -0.25) is 14.4 Å². The second-order valence-electron chi connectivity index (χ2n) is 7.01. The number of aliphatic hydroxyl groups is 2. The zero-order valence-electron chi connectivity index (χ0n) is 18.0. The number of carbonyl (C=O) groups is 3. The average Bonchev–Trinajstić information content (AvgIpc) is 3.20. The lowest BCUT2D eigenvalue weighted by molar-refractivity contribution is -0.160. The Morgan fingerprint density at radius 3 is 1.74 bits per heavy atom. The van der Waals surface area contributed by atoms with Gasteiger partial charge in [-0.15, -0.1) is 23.5 Å². The van der Waals surface area contributed by atoms with Crippen molar-refractivity contribution in [1.82, 2.24) is 0 Å². The first kappa shape index (κ1) is 27.6. The normalized spacial score (nSPS) is 16.8. The van der Waals surface area contributed by atoms with Gasteiger partial charge in [-0.1, -0.05) is 6.58 Å². The minimum atomic E-state index is -0.900. The molecule has 9 nitrogen and oxygen atoms in total. The number of thioether (sulfide) groups is 2. The van der Waals surface area contributed by atoms with Crippen molar-refractivity contribution >= 4 is 41.4 Å². The molecule has 0 spiro atoms. The van der Waals surface area contributed by atoms with Crippen LogP contribution in [-0.2, 0) is 33.3 Å². The fraction of sp³-hybridized carbons (Fsp3) is 0.750. The first-order chi connectivity index (χ1) is 14.7. The van der Waals surface area contributed by atoms with Crippen molar-refractivity contribution in [3.8, 4) is 0 Å². The molecule has 2 N–H and O–H groups in total. The Morgan fingerprint density at radius 2 is 1.35 bits per heavy atom. The molecule has 1 aliphatic heterocycles. The third-order valence-corrected chi connectivity index (χ3v) is 7.88. The number of ether oxygens (including phenoxy) is 4. The highest BCUT2D eigenvalue weighted by atomic mass is 32.2. The molecule has 0 amide bonds. The van der Waals surface area contributed by atoms with E-state index >= 15 is 0 Å². The fourth-order valence-electron chi connectivity index (χ4n) is 2.68. The maximum absolute atomic E-state index is 12.2. The van der Waals surface area contributed by atoms with Crippen LogP contribution in [0.5, 0.6) is 0 Å². The Kier molecular flexibility index (Phi) is 13.0. The summed E-state index contributed by atoms with van der Waals surface area (Å²) in [6, 6.07) is 0. The Balaban J connectivity index is 2.48. The van der Waals surface area contributed by atoms with Gasteiger partial charge in [0.05, 0.1) is 23.1 Å². The number of rotatable bonds is 15. The standard InChI is InChI=1S/C20H32O9S2/c1-14(2)26-12-16(10-21)28-18(24)4-6-20(30-8-9-31-20)7-5-19(25)29-17(11-22)13-27-15(3)23/h16-17,21-22H,1,4-13H2,2-3H3. The van der Waals surface area contributed by atoms with E-state index in [1.165, 1.54) is 6.92 Å². The molecule has 0 aromatic rings. The number of aliphatic hydroxyl groups excluding tert-OH is 2. The van der Waals surface area contributed by atoms with E-state index in [-0.39, 0.29) is 36.7 Å². The van der Waals surface area contributed by atoms with E-state index in [0.29, 0.717) is 18.6 Å². The SMILES string of the molecule is C=C(C)OCC(CO)OC(=O)CCC1(CCC(=O)OC(CO)COC(C)=O)SCCS1. The molecule has 1 aliphatic rings. The first-order valence-corrected chi connectivity index (χ1v) is 12.0. The van der Waals surface area contributed by atoms with Crippen molar-refractivity contribution in [1.29, 1.82) is 0 Å². The van der Waals surface area contributed by atoms with Crippen molar-refractivity contribution < 1.29 is 43.5 Å². The van der Waals surface area contributed by atoms with Crippen molar-refractivity contribution in [3.63, 3.8) is 0 Å². The van der Waals surface area contributed by atoms with Gasteiger partial charge in [-0.05, 0) is 19.8 Å². The predicted octanol–water partition coefficient (Wildman–Crippen LogP) is 1.64. The van der Waals surface area contributed by atoms with Gasteiger partial charge in [0, 0.05) is 31.3 Å². The Morgan fingerprint density at radius 1 is 0.903 bits per heavy atom. The summed E-state index contributed by atoms with van der Waals surface area (Å²) in [5.41, 5.74) is 0. The molecule has 11 heteroatoms. The maximum Gasteiger partial charge on any atom is 0.306 e. The molecule has 0 saturated carbocycles. The molecular weight excluding hydrogens is 448 g/mol. The monoisotopic (exact) mass is 480 g/mol. The minimum absolute atomic E-state index is 0.0391. The third kappa shape index (κ3) is 11.7. The van der Waals surface area contributed by atoms with Gasteiger partial charge in [-0.25, -0.2) is 0 Å². The molecule has 1 saturated heterocycles. The predicted molar refractivity (Wildman–Crippen MR) is 117 cm³/mol. The second-order valence-corrected chi connectivity index (χ2v) is 10.2. The van der Waals surface area contributed by atoms with Crippen LogP contribution in [0.25, 0.3) is 0 Å². The van der Waals surface area contributed by atoms with E-state index < -0.39 is 36.7 Å². The van der Waals surface area contributed by atoms with Crippen molar-refractivity contribution in [2.75, 3.05) is 37.9 Å².